The van der Waals surface area contributed by atoms with Crippen molar-refractivity contribution in [2.45, 2.75) is 32.0 Å². The number of rotatable bonds is 4. The SMILES string of the molecule is Cc1ccc(C)c(C(N)CSc2nc(C)co2)c1. The minimum Gasteiger partial charge on any atom is -0.440 e. The maximum absolute atomic E-state index is 6.23. The first kappa shape index (κ1) is 13.2. The summed E-state index contributed by atoms with van der Waals surface area (Å²) >= 11 is 1.56. The molecule has 3 nitrogen and oxygen atoms in total. The van der Waals surface area contributed by atoms with Crippen LogP contribution in [0.4, 0.5) is 0 Å². The summed E-state index contributed by atoms with van der Waals surface area (Å²) in [6.45, 7) is 6.09. The number of oxazole rings is 1. The molecule has 0 aliphatic heterocycles. The monoisotopic (exact) mass is 262 g/mol. The Balaban J connectivity index is 2.03. The lowest BCUT2D eigenvalue weighted by Gasteiger charge is -2.14. The third-order valence-corrected chi connectivity index (χ3v) is 3.78. The second-order valence-corrected chi connectivity index (χ2v) is 5.50. The number of hydrogen-bond donors (Lipinski definition) is 1. The van der Waals surface area contributed by atoms with Crippen LogP contribution in [0.1, 0.15) is 28.4 Å². The van der Waals surface area contributed by atoms with Crippen molar-refractivity contribution in [1.82, 2.24) is 4.98 Å². The highest BCUT2D eigenvalue weighted by molar-refractivity contribution is 7.99. The summed E-state index contributed by atoms with van der Waals surface area (Å²) in [5.41, 5.74) is 10.8. The van der Waals surface area contributed by atoms with Gasteiger partial charge in [0, 0.05) is 11.8 Å². The topological polar surface area (TPSA) is 52.0 Å². The zero-order valence-electron chi connectivity index (χ0n) is 10.9. The Morgan fingerprint density at radius 3 is 2.78 bits per heavy atom. The van der Waals surface area contributed by atoms with Crippen molar-refractivity contribution in [3.05, 3.63) is 46.8 Å². The molecule has 2 aromatic rings. The molecule has 0 aliphatic carbocycles. The minimum atomic E-state index is 0.00195. The lowest BCUT2D eigenvalue weighted by molar-refractivity contribution is 0.453. The van der Waals surface area contributed by atoms with E-state index < -0.39 is 0 Å². The Kier molecular flexibility index (Phi) is 4.09. The summed E-state index contributed by atoms with van der Waals surface area (Å²) in [5.74, 6) is 0.768. The van der Waals surface area contributed by atoms with E-state index in [1.54, 1.807) is 18.0 Å². The molecule has 96 valence electrons. The molecule has 0 spiro atoms. The molecule has 0 amide bonds. The summed E-state index contributed by atoms with van der Waals surface area (Å²) in [6.07, 6.45) is 1.66. The number of nitrogens with zero attached hydrogens (tertiary/aromatic N) is 1. The highest BCUT2D eigenvalue weighted by Gasteiger charge is 2.11. The zero-order chi connectivity index (χ0) is 13.1. The molecule has 0 bridgehead atoms. The van der Waals surface area contributed by atoms with Crippen LogP contribution in [0.3, 0.4) is 0 Å². The molecule has 0 fully saturated rings. The normalized spacial score (nSPS) is 12.7. The van der Waals surface area contributed by atoms with E-state index in [4.69, 9.17) is 10.2 Å². The fraction of sp³-hybridized carbons (Fsp3) is 0.357. The van der Waals surface area contributed by atoms with Gasteiger partial charge in [0.15, 0.2) is 0 Å². The van der Waals surface area contributed by atoms with Gasteiger partial charge in [-0.05, 0) is 31.9 Å². The van der Waals surface area contributed by atoms with E-state index in [0.29, 0.717) is 5.22 Å². The van der Waals surface area contributed by atoms with Crippen LogP contribution in [0.5, 0.6) is 0 Å². The second-order valence-electron chi connectivity index (χ2n) is 4.53. The predicted octanol–water partition coefficient (Wildman–Crippen LogP) is 3.39. The molecule has 1 heterocycles. The molecule has 0 aliphatic rings. The number of benzene rings is 1. The fourth-order valence-corrected chi connectivity index (χ4v) is 2.64. The van der Waals surface area contributed by atoms with Crippen LogP contribution in [0.15, 0.2) is 34.1 Å². The van der Waals surface area contributed by atoms with E-state index in [1.165, 1.54) is 16.7 Å². The van der Waals surface area contributed by atoms with Crippen molar-refractivity contribution in [2.75, 3.05) is 5.75 Å². The molecule has 2 N–H and O–H groups in total. The Labute approximate surface area is 112 Å². The second kappa shape index (κ2) is 5.59. The minimum absolute atomic E-state index is 0.00195. The highest BCUT2D eigenvalue weighted by atomic mass is 32.2. The van der Waals surface area contributed by atoms with E-state index in [9.17, 15) is 0 Å². The molecule has 2 rings (SSSR count). The molecule has 0 saturated carbocycles. The average molecular weight is 262 g/mol. The molecule has 0 radical (unpaired) electrons. The standard InChI is InChI=1S/C14H18N2OS/c1-9-4-5-10(2)12(6-9)13(15)8-18-14-16-11(3)7-17-14/h4-7,13H,8,15H2,1-3H3. The Hall–Kier alpha value is -1.26. The van der Waals surface area contributed by atoms with Crippen molar-refractivity contribution in [2.24, 2.45) is 5.73 Å². The van der Waals surface area contributed by atoms with Gasteiger partial charge in [0.25, 0.3) is 5.22 Å². The van der Waals surface area contributed by atoms with Gasteiger partial charge in [-0.2, -0.15) is 0 Å². The van der Waals surface area contributed by atoms with Gasteiger partial charge in [0.1, 0.15) is 6.26 Å². The maximum Gasteiger partial charge on any atom is 0.255 e. The maximum atomic E-state index is 6.23. The average Bonchev–Trinajstić information content (AvgIpc) is 2.75. The molecule has 18 heavy (non-hydrogen) atoms. The van der Waals surface area contributed by atoms with Gasteiger partial charge in [-0.3, -0.25) is 0 Å². The number of thioether (sulfide) groups is 1. The molecule has 1 aromatic carbocycles. The number of hydrogen-bond acceptors (Lipinski definition) is 4. The summed E-state index contributed by atoms with van der Waals surface area (Å²) in [7, 11) is 0. The van der Waals surface area contributed by atoms with Crippen LogP contribution in [-0.2, 0) is 0 Å². The Morgan fingerprint density at radius 2 is 2.11 bits per heavy atom. The lowest BCUT2D eigenvalue weighted by atomic mass is 10.0. The van der Waals surface area contributed by atoms with E-state index >= 15 is 0 Å². The summed E-state index contributed by atoms with van der Waals surface area (Å²) in [5, 5.41) is 0.688. The molecule has 1 unspecified atom stereocenters. The van der Waals surface area contributed by atoms with Crippen molar-refractivity contribution in [3.8, 4) is 0 Å². The zero-order valence-corrected chi connectivity index (χ0v) is 11.8. The van der Waals surface area contributed by atoms with Crippen LogP contribution in [0, 0.1) is 20.8 Å². The first-order valence-electron chi connectivity index (χ1n) is 5.94. The quantitative estimate of drug-likeness (QED) is 0.858. The molecule has 4 heteroatoms. The lowest BCUT2D eigenvalue weighted by Crippen LogP contribution is -2.14. The third kappa shape index (κ3) is 3.15. The predicted molar refractivity (Wildman–Crippen MR) is 74.8 cm³/mol. The molecule has 1 aromatic heterocycles. The van der Waals surface area contributed by atoms with E-state index in [2.05, 4.69) is 37.0 Å². The van der Waals surface area contributed by atoms with Crippen molar-refractivity contribution < 1.29 is 4.42 Å². The first-order valence-corrected chi connectivity index (χ1v) is 6.92. The van der Waals surface area contributed by atoms with Crippen molar-refractivity contribution >= 4 is 11.8 Å². The molecular weight excluding hydrogens is 244 g/mol. The summed E-state index contributed by atoms with van der Waals surface area (Å²) in [6, 6.07) is 6.38. The van der Waals surface area contributed by atoms with Gasteiger partial charge in [0.05, 0.1) is 5.69 Å². The van der Waals surface area contributed by atoms with Crippen LogP contribution in [-0.4, -0.2) is 10.7 Å². The van der Waals surface area contributed by atoms with Gasteiger partial charge in [-0.25, -0.2) is 4.98 Å². The van der Waals surface area contributed by atoms with Crippen LogP contribution in [0.2, 0.25) is 0 Å². The van der Waals surface area contributed by atoms with Gasteiger partial charge < -0.3 is 10.2 Å². The first-order chi connectivity index (χ1) is 8.56. The van der Waals surface area contributed by atoms with Crippen molar-refractivity contribution in [3.63, 3.8) is 0 Å². The third-order valence-electron chi connectivity index (χ3n) is 2.82. The van der Waals surface area contributed by atoms with Crippen LogP contribution in [0.25, 0.3) is 0 Å². The molecular formula is C14H18N2OS. The Morgan fingerprint density at radius 1 is 1.33 bits per heavy atom. The fourth-order valence-electron chi connectivity index (χ4n) is 1.81. The largest absolute Gasteiger partial charge is 0.440 e. The van der Waals surface area contributed by atoms with Gasteiger partial charge in [-0.1, -0.05) is 35.5 Å². The van der Waals surface area contributed by atoms with Gasteiger partial charge in [-0.15, -0.1) is 0 Å². The van der Waals surface area contributed by atoms with Crippen molar-refractivity contribution in [1.29, 1.82) is 0 Å². The number of aromatic nitrogens is 1. The molecule has 0 saturated heterocycles. The van der Waals surface area contributed by atoms with Crippen LogP contribution >= 0.6 is 11.8 Å². The Bertz CT molecular complexity index is 536. The summed E-state index contributed by atoms with van der Waals surface area (Å²) < 4.78 is 5.30. The number of nitrogens with two attached hydrogens (primary N) is 1. The van der Waals surface area contributed by atoms with E-state index in [-0.39, 0.29) is 6.04 Å². The highest BCUT2D eigenvalue weighted by Crippen LogP contribution is 2.25. The summed E-state index contributed by atoms with van der Waals surface area (Å²) in [4.78, 5) is 4.26. The van der Waals surface area contributed by atoms with Gasteiger partial charge in [0.2, 0.25) is 0 Å². The smallest absolute Gasteiger partial charge is 0.255 e. The van der Waals surface area contributed by atoms with E-state index in [1.807, 2.05) is 6.92 Å². The van der Waals surface area contributed by atoms with E-state index in [0.717, 1.165) is 11.4 Å². The molecule has 1 atom stereocenters. The van der Waals surface area contributed by atoms with Crippen LogP contribution < -0.4 is 5.73 Å². The number of aryl methyl sites for hydroxylation is 3. The van der Waals surface area contributed by atoms with Gasteiger partial charge >= 0.3 is 0 Å².